The van der Waals surface area contributed by atoms with Crippen LogP contribution < -0.4 is 10.6 Å². The molecule has 100 valence electrons. The van der Waals surface area contributed by atoms with Gasteiger partial charge in [-0.05, 0) is 37.1 Å². The molecule has 2 N–H and O–H groups in total. The van der Waals surface area contributed by atoms with Gasteiger partial charge in [0.1, 0.15) is 5.03 Å². The van der Waals surface area contributed by atoms with E-state index < -0.39 is 0 Å². The van der Waals surface area contributed by atoms with E-state index in [0.29, 0.717) is 11.5 Å². The molecular formula is C14H15ClN2O2. The first-order chi connectivity index (χ1) is 9.06. The highest BCUT2D eigenvalue weighted by Gasteiger charge is 2.18. The molecule has 2 rings (SSSR count). The molecule has 19 heavy (non-hydrogen) atoms. The average Bonchev–Trinajstić information content (AvgIpc) is 2.37. The molecular weight excluding hydrogens is 264 g/mol. The third-order valence-corrected chi connectivity index (χ3v) is 3.28. The summed E-state index contributed by atoms with van der Waals surface area (Å²) in [4.78, 5) is 22.4. The molecule has 1 aromatic carbocycles. The van der Waals surface area contributed by atoms with Crippen LogP contribution in [0.2, 0.25) is 0 Å². The maximum Gasteiger partial charge on any atom is 0.221 e. The molecule has 0 spiro atoms. The molecule has 0 saturated heterocycles. The monoisotopic (exact) mass is 278 g/mol. The number of ketones is 1. The first-order valence-corrected chi connectivity index (χ1v) is 6.50. The van der Waals surface area contributed by atoms with Gasteiger partial charge >= 0.3 is 0 Å². The van der Waals surface area contributed by atoms with Crippen molar-refractivity contribution in [2.45, 2.75) is 26.2 Å². The van der Waals surface area contributed by atoms with E-state index in [9.17, 15) is 9.59 Å². The molecule has 0 unspecified atom stereocenters. The number of hydrogen-bond donors (Lipinski definition) is 2. The predicted molar refractivity (Wildman–Crippen MR) is 76.1 cm³/mol. The van der Waals surface area contributed by atoms with Crippen molar-refractivity contribution >= 4 is 34.7 Å². The van der Waals surface area contributed by atoms with E-state index in [4.69, 9.17) is 11.6 Å². The number of hydrogen-bond acceptors (Lipinski definition) is 3. The fourth-order valence-corrected chi connectivity index (χ4v) is 2.18. The molecule has 1 aliphatic rings. The van der Waals surface area contributed by atoms with Gasteiger partial charge in [-0.2, -0.15) is 0 Å². The van der Waals surface area contributed by atoms with Crippen LogP contribution >= 0.6 is 11.6 Å². The van der Waals surface area contributed by atoms with Crippen LogP contribution in [0.25, 0.3) is 0 Å². The first kappa shape index (κ1) is 13.6. The quantitative estimate of drug-likeness (QED) is 0.892. The number of allylic oxidation sites excluding steroid dienone is 2. The Balaban J connectivity index is 2.09. The van der Waals surface area contributed by atoms with Gasteiger partial charge in [0.25, 0.3) is 0 Å². The van der Waals surface area contributed by atoms with E-state index in [2.05, 4.69) is 10.6 Å². The van der Waals surface area contributed by atoms with Gasteiger partial charge in [-0.1, -0.05) is 11.6 Å². The van der Waals surface area contributed by atoms with E-state index in [1.807, 2.05) is 12.1 Å². The molecule has 5 heteroatoms. The fourth-order valence-electron chi connectivity index (χ4n) is 1.95. The smallest absolute Gasteiger partial charge is 0.221 e. The molecule has 1 amide bonds. The van der Waals surface area contributed by atoms with Gasteiger partial charge in [0.05, 0.1) is 0 Å². The number of anilines is 2. The van der Waals surface area contributed by atoms with Crippen molar-refractivity contribution in [1.29, 1.82) is 0 Å². The van der Waals surface area contributed by atoms with Crippen LogP contribution in [-0.4, -0.2) is 11.7 Å². The molecule has 4 nitrogen and oxygen atoms in total. The van der Waals surface area contributed by atoms with E-state index in [-0.39, 0.29) is 11.7 Å². The van der Waals surface area contributed by atoms with Crippen LogP contribution in [0, 0.1) is 0 Å². The molecule has 0 aromatic heterocycles. The van der Waals surface area contributed by atoms with Gasteiger partial charge in [-0.25, -0.2) is 0 Å². The lowest BCUT2D eigenvalue weighted by molar-refractivity contribution is -0.115. The van der Waals surface area contributed by atoms with Crippen molar-refractivity contribution in [3.8, 4) is 0 Å². The molecule has 0 bridgehead atoms. The second-order valence-electron chi connectivity index (χ2n) is 4.45. The standard InChI is InChI=1S/C14H15ClN2O2/c1-9(18)16-10-5-7-11(8-6-10)17-12-3-2-4-13(19)14(12)15/h5-8,17H,2-4H2,1H3,(H,16,18). The molecule has 0 atom stereocenters. The van der Waals surface area contributed by atoms with Gasteiger partial charge < -0.3 is 10.6 Å². The van der Waals surface area contributed by atoms with Crippen LogP contribution in [0.5, 0.6) is 0 Å². The minimum atomic E-state index is -0.107. The Morgan fingerprint density at radius 2 is 1.79 bits per heavy atom. The van der Waals surface area contributed by atoms with Crippen LogP contribution in [0.4, 0.5) is 11.4 Å². The van der Waals surface area contributed by atoms with Crippen LogP contribution in [0.1, 0.15) is 26.2 Å². The summed E-state index contributed by atoms with van der Waals surface area (Å²) in [6.45, 7) is 1.46. The Morgan fingerprint density at radius 3 is 2.42 bits per heavy atom. The third kappa shape index (κ3) is 3.58. The Hall–Kier alpha value is -1.81. The third-order valence-electron chi connectivity index (χ3n) is 2.84. The van der Waals surface area contributed by atoms with Gasteiger partial charge in [0.15, 0.2) is 5.78 Å². The summed E-state index contributed by atoms with van der Waals surface area (Å²) in [6.07, 6.45) is 2.12. The number of Topliss-reactive ketones (excluding diaryl/α,β-unsaturated/α-hetero) is 1. The van der Waals surface area contributed by atoms with Crippen molar-refractivity contribution in [2.75, 3.05) is 10.6 Å². The summed E-state index contributed by atoms with van der Waals surface area (Å²) < 4.78 is 0. The van der Waals surface area contributed by atoms with Crippen LogP contribution in [0.15, 0.2) is 35.0 Å². The predicted octanol–water partition coefficient (Wildman–Crippen LogP) is 3.26. The molecule has 1 aliphatic carbocycles. The number of carbonyl (C=O) groups is 2. The van der Waals surface area contributed by atoms with Gasteiger partial charge in [0, 0.05) is 30.4 Å². The van der Waals surface area contributed by atoms with Crippen LogP contribution in [-0.2, 0) is 9.59 Å². The number of benzene rings is 1. The lowest BCUT2D eigenvalue weighted by Crippen LogP contribution is -2.13. The van der Waals surface area contributed by atoms with Crippen molar-refractivity contribution in [1.82, 2.24) is 0 Å². The number of carbonyl (C=O) groups excluding carboxylic acids is 2. The van der Waals surface area contributed by atoms with Crippen molar-refractivity contribution in [2.24, 2.45) is 0 Å². The van der Waals surface area contributed by atoms with E-state index >= 15 is 0 Å². The number of nitrogens with one attached hydrogen (secondary N) is 2. The molecule has 1 aromatic rings. The van der Waals surface area contributed by atoms with Crippen molar-refractivity contribution in [3.05, 3.63) is 35.0 Å². The van der Waals surface area contributed by atoms with Crippen molar-refractivity contribution in [3.63, 3.8) is 0 Å². The van der Waals surface area contributed by atoms with Crippen LogP contribution in [0.3, 0.4) is 0 Å². The summed E-state index contributed by atoms with van der Waals surface area (Å²) >= 11 is 5.99. The molecule has 0 radical (unpaired) electrons. The molecule has 0 fully saturated rings. The largest absolute Gasteiger partial charge is 0.358 e. The Kier molecular flexibility index (Phi) is 4.22. The van der Waals surface area contributed by atoms with Gasteiger partial charge in [-0.15, -0.1) is 0 Å². The molecule has 0 heterocycles. The van der Waals surface area contributed by atoms with E-state index in [1.54, 1.807) is 12.1 Å². The highest BCUT2D eigenvalue weighted by Crippen LogP contribution is 2.26. The lowest BCUT2D eigenvalue weighted by atomic mass is 10.0. The van der Waals surface area contributed by atoms with Crippen molar-refractivity contribution < 1.29 is 9.59 Å². The highest BCUT2D eigenvalue weighted by molar-refractivity contribution is 6.43. The Bertz CT molecular complexity index is 535. The molecule has 0 aliphatic heterocycles. The topological polar surface area (TPSA) is 58.2 Å². The van der Waals surface area contributed by atoms with E-state index in [0.717, 1.165) is 29.9 Å². The normalized spacial score (nSPS) is 15.4. The van der Waals surface area contributed by atoms with Gasteiger partial charge in [-0.3, -0.25) is 9.59 Å². The second-order valence-corrected chi connectivity index (χ2v) is 4.83. The zero-order valence-electron chi connectivity index (χ0n) is 10.6. The summed E-state index contributed by atoms with van der Waals surface area (Å²) in [7, 11) is 0. The fraction of sp³-hybridized carbons (Fsp3) is 0.286. The molecule has 0 saturated carbocycles. The summed E-state index contributed by atoms with van der Waals surface area (Å²) in [5.41, 5.74) is 2.35. The number of halogens is 1. The second kappa shape index (κ2) is 5.89. The maximum absolute atomic E-state index is 11.5. The maximum atomic E-state index is 11.5. The van der Waals surface area contributed by atoms with Gasteiger partial charge in [0.2, 0.25) is 5.91 Å². The minimum Gasteiger partial charge on any atom is -0.358 e. The Labute approximate surface area is 116 Å². The first-order valence-electron chi connectivity index (χ1n) is 6.13. The SMILES string of the molecule is CC(=O)Nc1ccc(NC2=C(Cl)C(=O)CCC2)cc1. The zero-order chi connectivity index (χ0) is 13.8. The van der Waals surface area contributed by atoms with E-state index in [1.165, 1.54) is 6.92 Å². The summed E-state index contributed by atoms with van der Waals surface area (Å²) in [5, 5.41) is 6.15. The summed E-state index contributed by atoms with van der Waals surface area (Å²) in [6, 6.07) is 7.26. The highest BCUT2D eigenvalue weighted by atomic mass is 35.5. The number of amides is 1. The minimum absolute atomic E-state index is 0.00900. The average molecular weight is 279 g/mol. The lowest BCUT2D eigenvalue weighted by Gasteiger charge is -2.17. The number of rotatable bonds is 3. The summed E-state index contributed by atoms with van der Waals surface area (Å²) in [5.74, 6) is -0.116. The Morgan fingerprint density at radius 1 is 1.16 bits per heavy atom. The zero-order valence-corrected chi connectivity index (χ0v) is 11.4.